The van der Waals surface area contributed by atoms with Crippen molar-refractivity contribution in [3.05, 3.63) is 70.6 Å². The summed E-state index contributed by atoms with van der Waals surface area (Å²) in [7, 11) is 0. The number of amides is 1. The number of carbonyl (C=O) groups excluding carboxylic acids is 1. The topological polar surface area (TPSA) is 68.0 Å². The molecule has 1 heterocycles. The minimum Gasteiger partial charge on any atom is -0.407 e. The summed E-state index contributed by atoms with van der Waals surface area (Å²) in [6, 6.07) is 14.4. The summed E-state index contributed by atoms with van der Waals surface area (Å²) in [5.74, 6) is 0.306. The second kappa shape index (κ2) is 8.19. The smallest absolute Gasteiger partial charge is 0.322 e. The molecule has 0 spiro atoms. The first-order valence-corrected chi connectivity index (χ1v) is 9.57. The van der Waals surface area contributed by atoms with Crippen LogP contribution in [0.5, 0.6) is 0 Å². The number of aromatic nitrogens is 2. The Bertz CT molecular complexity index is 904. The lowest BCUT2D eigenvalue weighted by Gasteiger charge is -2.06. The molecule has 3 rings (SSSR count). The Morgan fingerprint density at radius 3 is 2.58 bits per heavy atom. The molecule has 6 heteroatoms. The van der Waals surface area contributed by atoms with Crippen LogP contribution in [-0.4, -0.2) is 22.4 Å². The van der Waals surface area contributed by atoms with Gasteiger partial charge in [-0.25, -0.2) is 0 Å². The van der Waals surface area contributed by atoms with Crippen LogP contribution in [0.4, 0.5) is 6.01 Å². The SMILES string of the molecule is CSc1ccc(Cc2nnc(NC(=O)Cc3ccc(C)cc3C)o2)cc1. The van der Waals surface area contributed by atoms with Crippen molar-refractivity contribution in [3.8, 4) is 0 Å². The molecule has 2 aromatic carbocycles. The Labute approximate surface area is 157 Å². The van der Waals surface area contributed by atoms with Gasteiger partial charge in [0.2, 0.25) is 11.8 Å². The molecule has 0 radical (unpaired) electrons. The van der Waals surface area contributed by atoms with Crippen molar-refractivity contribution < 1.29 is 9.21 Å². The monoisotopic (exact) mass is 367 g/mol. The predicted molar refractivity (Wildman–Crippen MR) is 104 cm³/mol. The lowest BCUT2D eigenvalue weighted by Crippen LogP contribution is -2.15. The number of benzene rings is 2. The summed E-state index contributed by atoms with van der Waals surface area (Å²) < 4.78 is 5.54. The number of hydrogen-bond donors (Lipinski definition) is 1. The molecule has 0 bridgehead atoms. The fraction of sp³-hybridized carbons (Fsp3) is 0.250. The zero-order valence-electron chi connectivity index (χ0n) is 15.1. The Morgan fingerprint density at radius 1 is 1.12 bits per heavy atom. The van der Waals surface area contributed by atoms with Crippen molar-refractivity contribution in [2.45, 2.75) is 31.6 Å². The minimum atomic E-state index is -0.170. The fourth-order valence-electron chi connectivity index (χ4n) is 2.67. The van der Waals surface area contributed by atoms with Crippen LogP contribution in [0, 0.1) is 13.8 Å². The van der Waals surface area contributed by atoms with Crippen molar-refractivity contribution in [2.24, 2.45) is 0 Å². The molecule has 0 saturated carbocycles. The Morgan fingerprint density at radius 2 is 1.88 bits per heavy atom. The Kier molecular flexibility index (Phi) is 5.73. The van der Waals surface area contributed by atoms with E-state index >= 15 is 0 Å². The van der Waals surface area contributed by atoms with Crippen LogP contribution in [-0.2, 0) is 17.6 Å². The van der Waals surface area contributed by atoms with Gasteiger partial charge < -0.3 is 4.42 Å². The first kappa shape index (κ1) is 18.2. The Balaban J connectivity index is 1.59. The molecule has 0 aliphatic carbocycles. The number of thioether (sulfide) groups is 1. The second-order valence-electron chi connectivity index (χ2n) is 6.18. The standard InChI is InChI=1S/C20H21N3O2S/c1-13-4-7-16(14(2)10-13)12-18(24)21-20-23-22-19(25-20)11-15-5-8-17(26-3)9-6-15/h4-10H,11-12H2,1-3H3,(H,21,23,24). The normalized spacial score (nSPS) is 10.7. The largest absolute Gasteiger partial charge is 0.407 e. The van der Waals surface area contributed by atoms with Gasteiger partial charge in [0.05, 0.1) is 12.8 Å². The van der Waals surface area contributed by atoms with Crippen LogP contribution in [0.3, 0.4) is 0 Å². The van der Waals surface area contributed by atoms with E-state index in [0.717, 1.165) is 16.7 Å². The minimum absolute atomic E-state index is 0.135. The van der Waals surface area contributed by atoms with E-state index in [1.54, 1.807) is 11.8 Å². The van der Waals surface area contributed by atoms with Gasteiger partial charge in [-0.05, 0) is 48.9 Å². The van der Waals surface area contributed by atoms with Crippen molar-refractivity contribution in [2.75, 3.05) is 11.6 Å². The first-order valence-electron chi connectivity index (χ1n) is 8.35. The van der Waals surface area contributed by atoms with Gasteiger partial charge in [0.15, 0.2) is 0 Å². The molecule has 0 aliphatic rings. The summed E-state index contributed by atoms with van der Waals surface area (Å²) in [5, 5.41) is 10.6. The summed E-state index contributed by atoms with van der Waals surface area (Å²) in [4.78, 5) is 13.4. The van der Waals surface area contributed by atoms with Crippen molar-refractivity contribution in [1.82, 2.24) is 10.2 Å². The van der Waals surface area contributed by atoms with E-state index in [-0.39, 0.29) is 18.3 Å². The average molecular weight is 367 g/mol. The molecule has 5 nitrogen and oxygen atoms in total. The molecule has 26 heavy (non-hydrogen) atoms. The van der Waals surface area contributed by atoms with Gasteiger partial charge in [0, 0.05) is 4.90 Å². The number of anilines is 1. The average Bonchev–Trinajstić information content (AvgIpc) is 3.05. The third kappa shape index (κ3) is 4.73. The van der Waals surface area contributed by atoms with Crippen LogP contribution >= 0.6 is 11.8 Å². The maximum atomic E-state index is 12.2. The number of hydrogen-bond acceptors (Lipinski definition) is 5. The lowest BCUT2D eigenvalue weighted by molar-refractivity contribution is -0.115. The summed E-state index contributed by atoms with van der Waals surface area (Å²) in [6.07, 6.45) is 2.86. The highest BCUT2D eigenvalue weighted by Gasteiger charge is 2.12. The van der Waals surface area contributed by atoms with E-state index in [1.165, 1.54) is 10.5 Å². The fourth-order valence-corrected chi connectivity index (χ4v) is 3.08. The maximum absolute atomic E-state index is 12.2. The molecule has 1 aromatic heterocycles. The third-order valence-electron chi connectivity index (χ3n) is 4.08. The van der Waals surface area contributed by atoms with Gasteiger partial charge in [-0.15, -0.1) is 16.9 Å². The summed E-state index contributed by atoms with van der Waals surface area (Å²) >= 11 is 1.70. The molecule has 1 amide bonds. The molecule has 134 valence electrons. The molecule has 0 fully saturated rings. The van der Waals surface area contributed by atoms with E-state index in [2.05, 4.69) is 33.7 Å². The van der Waals surface area contributed by atoms with Gasteiger partial charge in [-0.3, -0.25) is 10.1 Å². The van der Waals surface area contributed by atoms with Crippen LogP contribution in [0.1, 0.15) is 28.1 Å². The van der Waals surface area contributed by atoms with Crippen molar-refractivity contribution in [3.63, 3.8) is 0 Å². The van der Waals surface area contributed by atoms with Gasteiger partial charge in [0.1, 0.15) is 0 Å². The van der Waals surface area contributed by atoms with E-state index < -0.39 is 0 Å². The van der Waals surface area contributed by atoms with Crippen LogP contribution in [0.2, 0.25) is 0 Å². The number of nitrogens with one attached hydrogen (secondary N) is 1. The molecular formula is C20H21N3O2S. The number of aryl methyl sites for hydroxylation is 2. The molecular weight excluding hydrogens is 346 g/mol. The summed E-state index contributed by atoms with van der Waals surface area (Å²) in [5.41, 5.74) is 4.35. The second-order valence-corrected chi connectivity index (χ2v) is 7.06. The molecule has 0 saturated heterocycles. The number of carbonyl (C=O) groups is 1. The highest BCUT2D eigenvalue weighted by Crippen LogP contribution is 2.17. The number of nitrogens with zero attached hydrogens (tertiary/aromatic N) is 2. The molecule has 0 atom stereocenters. The summed E-state index contributed by atoms with van der Waals surface area (Å²) in [6.45, 7) is 4.04. The first-order chi connectivity index (χ1) is 12.5. The number of rotatable bonds is 6. The van der Waals surface area contributed by atoms with E-state index in [4.69, 9.17) is 4.42 Å². The Hall–Kier alpha value is -2.60. The van der Waals surface area contributed by atoms with Crippen LogP contribution < -0.4 is 5.32 Å². The van der Waals surface area contributed by atoms with Crippen molar-refractivity contribution >= 4 is 23.7 Å². The van der Waals surface area contributed by atoms with E-state index in [1.807, 2.05) is 44.4 Å². The van der Waals surface area contributed by atoms with E-state index in [0.29, 0.717) is 12.3 Å². The van der Waals surface area contributed by atoms with Crippen LogP contribution in [0.15, 0.2) is 51.8 Å². The van der Waals surface area contributed by atoms with E-state index in [9.17, 15) is 4.79 Å². The quantitative estimate of drug-likeness (QED) is 0.662. The molecule has 3 aromatic rings. The van der Waals surface area contributed by atoms with Crippen LogP contribution in [0.25, 0.3) is 0 Å². The highest BCUT2D eigenvalue weighted by atomic mass is 32.2. The zero-order valence-corrected chi connectivity index (χ0v) is 15.9. The molecule has 0 unspecified atom stereocenters. The van der Waals surface area contributed by atoms with Gasteiger partial charge in [-0.2, -0.15) is 0 Å². The lowest BCUT2D eigenvalue weighted by atomic mass is 10.0. The van der Waals surface area contributed by atoms with Gasteiger partial charge >= 0.3 is 6.01 Å². The molecule has 0 aliphatic heterocycles. The van der Waals surface area contributed by atoms with Gasteiger partial charge in [0.25, 0.3) is 0 Å². The highest BCUT2D eigenvalue weighted by molar-refractivity contribution is 7.98. The zero-order chi connectivity index (χ0) is 18.5. The van der Waals surface area contributed by atoms with Gasteiger partial charge in [-0.1, -0.05) is 41.0 Å². The predicted octanol–water partition coefficient (Wildman–Crippen LogP) is 4.18. The third-order valence-corrected chi connectivity index (χ3v) is 4.82. The molecule has 1 N–H and O–H groups in total. The maximum Gasteiger partial charge on any atom is 0.322 e. The van der Waals surface area contributed by atoms with Crippen molar-refractivity contribution in [1.29, 1.82) is 0 Å².